The zero-order valence-electron chi connectivity index (χ0n) is 33.0. The van der Waals surface area contributed by atoms with Crippen molar-refractivity contribution < 1.29 is 27.2 Å². The molecule has 288 valence electrons. The molecule has 0 aromatic rings. The van der Waals surface area contributed by atoms with Crippen LogP contribution in [0.3, 0.4) is 0 Å². The third kappa shape index (κ3) is 16.6. The molecule has 50 heavy (non-hydrogen) atoms. The fourth-order valence-electron chi connectivity index (χ4n) is 7.61. The van der Waals surface area contributed by atoms with Gasteiger partial charge in [0.15, 0.2) is 35.1 Å². The summed E-state index contributed by atoms with van der Waals surface area (Å²) in [7, 11) is 0. The van der Waals surface area contributed by atoms with E-state index in [-0.39, 0.29) is 57.3 Å². The van der Waals surface area contributed by atoms with E-state index in [4.69, 9.17) is 23.6 Å². The zero-order chi connectivity index (χ0) is 37.4. The standard InChI is InChI=1S/C42H74Cl2N2O4/c1-7-11-13-15-17-19-21-23-25-35(5)39-37(27-31-45(43,33-47)29-9-3)42(50)40(36(6)26-24-22-20-18-16-14-12-8-2)38(41(39)49)28-32-46(44,34-48)30-10-4/h33-36H,7-32H2,1-6H3/q+2. The number of hydrogen-bond acceptors (Lipinski definition) is 4. The maximum Gasteiger partial charge on any atom is 0.319 e. The number of ketones is 2. The molecule has 6 nitrogen and oxygen atoms in total. The highest BCUT2D eigenvalue weighted by Crippen LogP contribution is 2.39. The van der Waals surface area contributed by atoms with Gasteiger partial charge in [-0.1, -0.05) is 144 Å². The van der Waals surface area contributed by atoms with Crippen LogP contribution in [0.2, 0.25) is 0 Å². The first-order chi connectivity index (χ1) is 24.0. The van der Waals surface area contributed by atoms with Crippen molar-refractivity contribution in [2.24, 2.45) is 11.8 Å². The number of carbonyl (C=O) groups is 4. The van der Waals surface area contributed by atoms with E-state index in [0.717, 1.165) is 64.2 Å². The molecule has 0 saturated carbocycles. The Morgan fingerprint density at radius 3 is 1.06 bits per heavy atom. The van der Waals surface area contributed by atoms with Crippen LogP contribution in [-0.4, -0.2) is 58.6 Å². The summed E-state index contributed by atoms with van der Waals surface area (Å²) in [6.45, 7) is 14.0. The van der Waals surface area contributed by atoms with Gasteiger partial charge in [0, 0.05) is 35.1 Å². The fraction of sp³-hybridized carbons (Fsp3) is 0.810. The van der Waals surface area contributed by atoms with Crippen LogP contribution >= 0.6 is 23.6 Å². The number of unbranched alkanes of at least 4 members (excludes halogenated alkanes) is 14. The van der Waals surface area contributed by atoms with Crippen molar-refractivity contribution in [1.29, 1.82) is 0 Å². The highest BCUT2D eigenvalue weighted by molar-refractivity contribution is 6.25. The molecular weight excluding hydrogens is 667 g/mol. The van der Waals surface area contributed by atoms with Crippen LogP contribution in [0.1, 0.15) is 183 Å². The van der Waals surface area contributed by atoms with Gasteiger partial charge in [-0.15, -0.1) is 0 Å². The normalized spacial score (nSPS) is 17.5. The summed E-state index contributed by atoms with van der Waals surface area (Å²) in [5.74, 6) is -0.330. The second-order valence-corrected chi connectivity index (χ2v) is 16.6. The first kappa shape index (κ1) is 46.7. The van der Waals surface area contributed by atoms with Gasteiger partial charge in [0.25, 0.3) is 0 Å². The Morgan fingerprint density at radius 2 is 0.780 bits per heavy atom. The minimum atomic E-state index is -0.302. The van der Waals surface area contributed by atoms with E-state index in [0.29, 0.717) is 35.4 Å². The van der Waals surface area contributed by atoms with E-state index in [1.165, 1.54) is 77.0 Å². The molecule has 0 aromatic heterocycles. The van der Waals surface area contributed by atoms with Gasteiger partial charge in [-0.05, 0) is 37.5 Å². The van der Waals surface area contributed by atoms with Crippen molar-refractivity contribution in [2.75, 3.05) is 26.2 Å². The SMILES string of the molecule is CCCCCCCCCCC(C)C1=C(CC[N+](Cl)(C=O)CCC)C(=O)C(C(C)CCCCCCCCCC)=C(CC[N+](Cl)(C=O)CCC)C1=O. The number of amides is 2. The van der Waals surface area contributed by atoms with Gasteiger partial charge in [-0.25, -0.2) is 9.59 Å². The molecule has 4 atom stereocenters. The lowest BCUT2D eigenvalue weighted by atomic mass is 9.72. The van der Waals surface area contributed by atoms with Crippen molar-refractivity contribution in [2.45, 2.75) is 183 Å². The Balaban J connectivity index is 3.41. The first-order valence-corrected chi connectivity index (χ1v) is 21.3. The molecule has 0 N–H and O–H groups in total. The lowest BCUT2D eigenvalue weighted by molar-refractivity contribution is -0.726. The summed E-state index contributed by atoms with van der Waals surface area (Å²) in [6, 6.07) is 0. The van der Waals surface area contributed by atoms with Gasteiger partial charge < -0.3 is 0 Å². The van der Waals surface area contributed by atoms with Crippen LogP contribution in [0.5, 0.6) is 0 Å². The van der Waals surface area contributed by atoms with Crippen molar-refractivity contribution in [1.82, 2.24) is 0 Å². The van der Waals surface area contributed by atoms with Gasteiger partial charge >= 0.3 is 12.8 Å². The lowest BCUT2D eigenvalue weighted by Gasteiger charge is -2.31. The summed E-state index contributed by atoms with van der Waals surface area (Å²) < 4.78 is -0.604. The molecule has 0 aromatic carbocycles. The largest absolute Gasteiger partial charge is 0.319 e. The fourth-order valence-corrected chi connectivity index (χ4v) is 8.12. The van der Waals surface area contributed by atoms with Gasteiger partial charge in [0.1, 0.15) is 26.2 Å². The Hall–Kier alpha value is -1.34. The molecule has 1 rings (SSSR count). The highest BCUT2D eigenvalue weighted by atomic mass is 35.5. The van der Waals surface area contributed by atoms with E-state index in [9.17, 15) is 19.2 Å². The molecule has 8 heteroatoms. The molecule has 0 bridgehead atoms. The smallest absolute Gasteiger partial charge is 0.289 e. The van der Waals surface area contributed by atoms with Crippen LogP contribution in [0.4, 0.5) is 0 Å². The Morgan fingerprint density at radius 1 is 0.480 bits per heavy atom. The molecule has 1 aliphatic carbocycles. The zero-order valence-corrected chi connectivity index (χ0v) is 34.5. The number of carbonyl (C=O) groups excluding carboxylic acids is 4. The molecule has 0 aliphatic heterocycles. The second kappa shape index (κ2) is 26.4. The van der Waals surface area contributed by atoms with Crippen molar-refractivity contribution in [3.63, 3.8) is 0 Å². The second-order valence-electron chi connectivity index (χ2n) is 15.2. The van der Waals surface area contributed by atoms with Crippen LogP contribution in [0.25, 0.3) is 0 Å². The maximum absolute atomic E-state index is 14.7. The van der Waals surface area contributed by atoms with Gasteiger partial charge in [-0.2, -0.15) is 8.00 Å². The van der Waals surface area contributed by atoms with Gasteiger partial charge in [-0.3, -0.25) is 9.59 Å². The average Bonchev–Trinajstić information content (AvgIpc) is 3.10. The molecule has 4 unspecified atom stereocenters. The van der Waals surface area contributed by atoms with E-state index in [1.54, 1.807) is 0 Å². The molecular formula is C42H74Cl2N2O4+2. The van der Waals surface area contributed by atoms with Crippen LogP contribution < -0.4 is 0 Å². The van der Waals surface area contributed by atoms with Crippen LogP contribution in [0, 0.1) is 11.8 Å². The Bertz CT molecular complexity index is 1010. The summed E-state index contributed by atoms with van der Waals surface area (Å²) in [5, 5.41) is 0. The molecule has 0 fully saturated rings. The highest BCUT2D eigenvalue weighted by Gasteiger charge is 2.40. The Labute approximate surface area is 317 Å². The summed E-state index contributed by atoms with van der Waals surface area (Å²) >= 11 is 13.4. The number of nitrogens with zero attached hydrogens (tertiary/aromatic N) is 2. The summed E-state index contributed by atoms with van der Waals surface area (Å²) in [5.41, 5.74) is 2.27. The average molecular weight is 742 g/mol. The van der Waals surface area contributed by atoms with Crippen molar-refractivity contribution in [3.8, 4) is 0 Å². The lowest BCUT2D eigenvalue weighted by Crippen LogP contribution is -2.41. The molecule has 0 radical (unpaired) electrons. The first-order valence-electron chi connectivity index (χ1n) is 20.6. The van der Waals surface area contributed by atoms with E-state index < -0.39 is 0 Å². The quantitative estimate of drug-likeness (QED) is 0.0298. The van der Waals surface area contributed by atoms with Gasteiger partial charge in [0.2, 0.25) is 0 Å². The molecule has 2 amide bonds. The summed E-state index contributed by atoms with van der Waals surface area (Å²) in [6.07, 6.45) is 24.4. The third-order valence-corrected chi connectivity index (χ3v) is 11.5. The van der Waals surface area contributed by atoms with E-state index >= 15 is 0 Å². The van der Waals surface area contributed by atoms with Gasteiger partial charge in [0.05, 0.1) is 0 Å². The monoisotopic (exact) mass is 741 g/mol. The number of rotatable bonds is 32. The minimum absolute atomic E-state index is 0.0654. The number of hydrogen-bond donors (Lipinski definition) is 0. The molecule has 0 spiro atoms. The van der Waals surface area contributed by atoms with Crippen molar-refractivity contribution >= 4 is 47.9 Å². The molecule has 0 saturated heterocycles. The summed E-state index contributed by atoms with van der Waals surface area (Å²) in [4.78, 5) is 53.7. The number of allylic oxidation sites excluding steroid dienone is 2. The number of quaternary nitrogens is 2. The minimum Gasteiger partial charge on any atom is -0.289 e. The molecule has 0 heterocycles. The van der Waals surface area contributed by atoms with Crippen molar-refractivity contribution in [3.05, 3.63) is 22.3 Å². The third-order valence-electron chi connectivity index (χ3n) is 10.7. The van der Waals surface area contributed by atoms with E-state index in [1.807, 2.05) is 13.8 Å². The van der Waals surface area contributed by atoms with E-state index in [2.05, 4.69) is 27.7 Å². The predicted octanol–water partition coefficient (Wildman–Crippen LogP) is 11.9. The molecule has 1 aliphatic rings. The number of Topliss-reactive ketones (excluding diaryl/α,β-unsaturated/α-hetero) is 2. The Kier molecular flexibility index (Phi) is 24.7. The maximum atomic E-state index is 14.7. The predicted molar refractivity (Wildman–Crippen MR) is 210 cm³/mol. The van der Waals surface area contributed by atoms with Crippen LogP contribution in [-0.2, 0) is 19.2 Å². The number of halogens is 2. The van der Waals surface area contributed by atoms with Crippen LogP contribution in [0.15, 0.2) is 22.3 Å². The topological polar surface area (TPSA) is 68.3 Å².